The highest BCUT2D eigenvalue weighted by atomic mass is 35.5. The van der Waals surface area contributed by atoms with Gasteiger partial charge in [-0.2, -0.15) is 0 Å². The minimum atomic E-state index is -0.170. The number of piperazine rings is 1. The van der Waals surface area contributed by atoms with Gasteiger partial charge in [-0.25, -0.2) is 0 Å². The van der Waals surface area contributed by atoms with Crippen molar-refractivity contribution in [2.24, 2.45) is 0 Å². The molecule has 2 aromatic carbocycles. The van der Waals surface area contributed by atoms with E-state index < -0.39 is 0 Å². The minimum Gasteiger partial charge on any atom is -0.368 e. The van der Waals surface area contributed by atoms with E-state index in [2.05, 4.69) is 48.1 Å². The van der Waals surface area contributed by atoms with Gasteiger partial charge in [-0.05, 0) is 48.4 Å². The number of nitrogens with one attached hydrogen (secondary N) is 1. The molecule has 2 aromatic rings. The number of anilines is 2. The van der Waals surface area contributed by atoms with E-state index in [-0.39, 0.29) is 5.91 Å². The van der Waals surface area contributed by atoms with Crippen LogP contribution < -0.4 is 10.2 Å². The highest BCUT2D eigenvalue weighted by molar-refractivity contribution is 6.33. The lowest BCUT2D eigenvalue weighted by atomic mass is 10.0. The molecule has 1 N–H and O–H groups in total. The molecule has 3 rings (SSSR count). The summed E-state index contributed by atoms with van der Waals surface area (Å²) < 4.78 is 0. The zero-order valence-corrected chi connectivity index (χ0v) is 17.5. The molecule has 1 aliphatic heterocycles. The average molecular weight is 398 g/mol. The molecular formula is C23H28ClN3O. The summed E-state index contributed by atoms with van der Waals surface area (Å²) >= 11 is 6.47. The molecule has 1 fully saturated rings. The Morgan fingerprint density at radius 1 is 1.07 bits per heavy atom. The van der Waals surface area contributed by atoms with Crippen molar-refractivity contribution >= 4 is 35.0 Å². The van der Waals surface area contributed by atoms with Gasteiger partial charge >= 0.3 is 0 Å². The molecule has 0 aromatic heterocycles. The van der Waals surface area contributed by atoms with E-state index in [9.17, 15) is 4.79 Å². The summed E-state index contributed by atoms with van der Waals surface area (Å²) in [7, 11) is 2.13. The summed E-state index contributed by atoms with van der Waals surface area (Å²) in [4.78, 5) is 16.8. The average Bonchev–Trinajstić information content (AvgIpc) is 2.68. The largest absolute Gasteiger partial charge is 0.368 e. The summed E-state index contributed by atoms with van der Waals surface area (Å²) in [5, 5.41) is 3.55. The number of rotatable bonds is 5. The number of benzene rings is 2. The molecule has 1 aliphatic rings. The van der Waals surface area contributed by atoms with Crippen molar-refractivity contribution in [2.75, 3.05) is 43.4 Å². The number of nitrogens with zero attached hydrogens (tertiary/aromatic N) is 2. The van der Waals surface area contributed by atoms with Crippen LogP contribution in [-0.4, -0.2) is 44.0 Å². The van der Waals surface area contributed by atoms with E-state index in [1.165, 1.54) is 5.56 Å². The third kappa shape index (κ3) is 5.37. The van der Waals surface area contributed by atoms with Crippen LogP contribution in [0.5, 0.6) is 0 Å². The van der Waals surface area contributed by atoms with Crippen molar-refractivity contribution in [3.63, 3.8) is 0 Å². The van der Waals surface area contributed by atoms with Gasteiger partial charge in [-0.1, -0.05) is 49.7 Å². The van der Waals surface area contributed by atoms with Crippen LogP contribution in [0.2, 0.25) is 5.02 Å². The molecular weight excluding hydrogens is 370 g/mol. The fourth-order valence-electron chi connectivity index (χ4n) is 3.24. The number of carbonyl (C=O) groups excluding carboxylic acids is 1. The van der Waals surface area contributed by atoms with Gasteiger partial charge < -0.3 is 15.1 Å². The standard InChI is InChI=1S/C23H28ClN3O/c1-17(2)19-7-4-18(5-8-19)6-11-23(28)25-20-9-10-22(21(24)16-20)27-14-12-26(3)13-15-27/h4-11,16-17H,12-15H2,1-3H3,(H,25,28)/b11-6+. The molecule has 0 spiro atoms. The van der Waals surface area contributed by atoms with E-state index in [0.717, 1.165) is 37.4 Å². The third-order valence-electron chi connectivity index (χ3n) is 5.09. The Balaban J connectivity index is 1.60. The Bertz CT molecular complexity index is 837. The lowest BCUT2D eigenvalue weighted by Gasteiger charge is -2.34. The first-order chi connectivity index (χ1) is 13.4. The van der Waals surface area contributed by atoms with Crippen LogP contribution in [0.3, 0.4) is 0 Å². The Morgan fingerprint density at radius 2 is 1.75 bits per heavy atom. The lowest BCUT2D eigenvalue weighted by molar-refractivity contribution is -0.111. The third-order valence-corrected chi connectivity index (χ3v) is 5.39. The van der Waals surface area contributed by atoms with E-state index in [0.29, 0.717) is 16.6 Å². The molecule has 28 heavy (non-hydrogen) atoms. The van der Waals surface area contributed by atoms with Crippen LogP contribution in [0.4, 0.5) is 11.4 Å². The Morgan fingerprint density at radius 3 is 2.36 bits per heavy atom. The fraction of sp³-hybridized carbons (Fsp3) is 0.348. The van der Waals surface area contributed by atoms with Gasteiger partial charge in [0.25, 0.3) is 0 Å². The molecule has 1 saturated heterocycles. The number of amides is 1. The zero-order valence-electron chi connectivity index (χ0n) is 16.8. The molecule has 148 valence electrons. The number of carbonyl (C=O) groups is 1. The van der Waals surface area contributed by atoms with Gasteiger partial charge in [0.2, 0.25) is 5.91 Å². The highest BCUT2D eigenvalue weighted by Crippen LogP contribution is 2.29. The van der Waals surface area contributed by atoms with Crippen molar-refractivity contribution in [1.82, 2.24) is 4.90 Å². The van der Waals surface area contributed by atoms with Gasteiger partial charge in [-0.15, -0.1) is 0 Å². The summed E-state index contributed by atoms with van der Waals surface area (Å²) in [6.45, 7) is 8.30. The molecule has 1 heterocycles. The van der Waals surface area contributed by atoms with Crippen molar-refractivity contribution < 1.29 is 4.79 Å². The number of likely N-dealkylation sites (N-methyl/N-ethyl adjacent to an activating group) is 1. The van der Waals surface area contributed by atoms with E-state index in [4.69, 9.17) is 11.6 Å². The predicted octanol–water partition coefficient (Wildman–Crippen LogP) is 4.87. The second-order valence-electron chi connectivity index (χ2n) is 7.60. The maximum Gasteiger partial charge on any atom is 0.248 e. The predicted molar refractivity (Wildman–Crippen MR) is 119 cm³/mol. The smallest absolute Gasteiger partial charge is 0.248 e. The molecule has 0 unspecified atom stereocenters. The maximum atomic E-state index is 12.2. The lowest BCUT2D eigenvalue weighted by Crippen LogP contribution is -2.44. The first-order valence-electron chi connectivity index (χ1n) is 9.74. The Labute approximate surface area is 172 Å². The van der Waals surface area contributed by atoms with Crippen molar-refractivity contribution in [3.05, 3.63) is 64.7 Å². The molecule has 5 heteroatoms. The van der Waals surface area contributed by atoms with Crippen molar-refractivity contribution in [3.8, 4) is 0 Å². The molecule has 0 radical (unpaired) electrons. The van der Waals surface area contributed by atoms with Crippen molar-refractivity contribution in [2.45, 2.75) is 19.8 Å². The van der Waals surface area contributed by atoms with Crippen LogP contribution in [0.15, 0.2) is 48.5 Å². The first kappa shape index (κ1) is 20.4. The van der Waals surface area contributed by atoms with E-state index in [1.807, 2.05) is 36.4 Å². The summed E-state index contributed by atoms with van der Waals surface area (Å²) in [5.41, 5.74) is 4.01. The number of hydrogen-bond donors (Lipinski definition) is 1. The summed E-state index contributed by atoms with van der Waals surface area (Å²) in [6, 6.07) is 14.0. The maximum absolute atomic E-state index is 12.2. The Hall–Kier alpha value is -2.30. The van der Waals surface area contributed by atoms with Crippen LogP contribution in [0.25, 0.3) is 6.08 Å². The summed E-state index contributed by atoms with van der Waals surface area (Å²) in [5.74, 6) is 0.330. The van der Waals surface area contributed by atoms with Crippen LogP contribution >= 0.6 is 11.6 Å². The quantitative estimate of drug-likeness (QED) is 0.731. The second-order valence-corrected chi connectivity index (χ2v) is 8.01. The number of hydrogen-bond acceptors (Lipinski definition) is 3. The number of halogens is 1. The van der Waals surface area contributed by atoms with Gasteiger partial charge in [-0.3, -0.25) is 4.79 Å². The molecule has 0 saturated carbocycles. The van der Waals surface area contributed by atoms with E-state index in [1.54, 1.807) is 6.08 Å². The van der Waals surface area contributed by atoms with Gasteiger partial charge in [0.1, 0.15) is 0 Å². The molecule has 1 amide bonds. The molecule has 0 aliphatic carbocycles. The van der Waals surface area contributed by atoms with Gasteiger partial charge in [0.05, 0.1) is 10.7 Å². The van der Waals surface area contributed by atoms with Crippen LogP contribution in [-0.2, 0) is 4.79 Å². The molecule has 0 atom stereocenters. The van der Waals surface area contributed by atoms with Gasteiger partial charge in [0.15, 0.2) is 0 Å². The second kappa shape index (κ2) is 9.26. The summed E-state index contributed by atoms with van der Waals surface area (Å²) in [6.07, 6.45) is 3.37. The monoisotopic (exact) mass is 397 g/mol. The van der Waals surface area contributed by atoms with E-state index >= 15 is 0 Å². The minimum absolute atomic E-state index is 0.170. The SMILES string of the molecule is CC(C)c1ccc(/C=C/C(=O)Nc2ccc(N3CCN(C)CC3)c(Cl)c2)cc1. The first-order valence-corrected chi connectivity index (χ1v) is 10.1. The van der Waals surface area contributed by atoms with Crippen LogP contribution in [0.1, 0.15) is 30.9 Å². The molecule has 4 nitrogen and oxygen atoms in total. The topological polar surface area (TPSA) is 35.6 Å². The molecule has 0 bridgehead atoms. The van der Waals surface area contributed by atoms with Crippen molar-refractivity contribution in [1.29, 1.82) is 0 Å². The highest BCUT2D eigenvalue weighted by Gasteiger charge is 2.16. The normalized spacial score (nSPS) is 15.4. The van der Waals surface area contributed by atoms with Gasteiger partial charge in [0, 0.05) is 37.9 Å². The fourth-order valence-corrected chi connectivity index (χ4v) is 3.54. The van der Waals surface area contributed by atoms with Crippen LogP contribution in [0, 0.1) is 0 Å². The zero-order chi connectivity index (χ0) is 20.1. The Kier molecular flexibility index (Phi) is 6.76.